The molecule has 2 aromatic heterocycles. The van der Waals surface area contributed by atoms with Gasteiger partial charge in [-0.2, -0.15) is 5.10 Å². The van der Waals surface area contributed by atoms with Crippen molar-refractivity contribution in [2.75, 3.05) is 5.73 Å². The molecule has 2 aromatic rings. The molecule has 0 atom stereocenters. The third-order valence-corrected chi connectivity index (χ3v) is 1.96. The van der Waals surface area contributed by atoms with E-state index in [1.807, 2.05) is 26.2 Å². The van der Waals surface area contributed by atoms with Crippen molar-refractivity contribution in [3.63, 3.8) is 0 Å². The summed E-state index contributed by atoms with van der Waals surface area (Å²) in [5, 5.41) is 4.23. The second kappa shape index (κ2) is 3.10. The third-order valence-electron chi connectivity index (χ3n) is 1.96. The standard InChI is InChI=1S/C9H11N5/c1-6-7(5-14(2)13-6)8-3-4-11-9(10)12-8/h3-5H,1-2H3,(H2,10,11,12). The molecule has 0 aliphatic carbocycles. The number of aromatic nitrogens is 4. The summed E-state index contributed by atoms with van der Waals surface area (Å²) in [4.78, 5) is 7.97. The number of nitrogens with two attached hydrogens (primary N) is 1. The summed E-state index contributed by atoms with van der Waals surface area (Å²) in [6, 6.07) is 1.82. The molecule has 0 aliphatic heterocycles. The zero-order chi connectivity index (χ0) is 10.1. The van der Waals surface area contributed by atoms with E-state index in [1.165, 1.54) is 0 Å². The fraction of sp³-hybridized carbons (Fsp3) is 0.222. The molecule has 0 saturated heterocycles. The Hall–Kier alpha value is -1.91. The number of nitrogens with zero attached hydrogens (tertiary/aromatic N) is 4. The van der Waals surface area contributed by atoms with E-state index in [2.05, 4.69) is 15.1 Å². The van der Waals surface area contributed by atoms with Crippen LogP contribution in [0.2, 0.25) is 0 Å². The molecule has 2 heterocycles. The summed E-state index contributed by atoms with van der Waals surface area (Å²) >= 11 is 0. The number of aryl methyl sites for hydroxylation is 2. The predicted molar refractivity (Wildman–Crippen MR) is 53.4 cm³/mol. The van der Waals surface area contributed by atoms with Crippen molar-refractivity contribution < 1.29 is 0 Å². The molecule has 0 aliphatic rings. The van der Waals surface area contributed by atoms with Crippen LogP contribution in [0.25, 0.3) is 11.3 Å². The summed E-state index contributed by atoms with van der Waals surface area (Å²) < 4.78 is 1.75. The minimum atomic E-state index is 0.283. The van der Waals surface area contributed by atoms with Gasteiger partial charge in [0, 0.05) is 25.0 Å². The van der Waals surface area contributed by atoms with Gasteiger partial charge in [0.05, 0.1) is 11.4 Å². The SMILES string of the molecule is Cc1nn(C)cc1-c1ccnc(N)n1. The Morgan fingerprint density at radius 3 is 2.79 bits per heavy atom. The Kier molecular flexibility index (Phi) is 1.92. The first-order valence-electron chi connectivity index (χ1n) is 4.26. The molecule has 0 radical (unpaired) electrons. The summed E-state index contributed by atoms with van der Waals surface area (Å²) in [5.41, 5.74) is 8.24. The normalized spacial score (nSPS) is 10.4. The molecule has 0 saturated carbocycles. The molecule has 14 heavy (non-hydrogen) atoms. The number of nitrogen functional groups attached to an aromatic ring is 1. The van der Waals surface area contributed by atoms with Gasteiger partial charge in [-0.25, -0.2) is 9.97 Å². The second-order valence-corrected chi connectivity index (χ2v) is 3.10. The zero-order valence-electron chi connectivity index (χ0n) is 8.10. The van der Waals surface area contributed by atoms with Crippen LogP contribution >= 0.6 is 0 Å². The summed E-state index contributed by atoms with van der Waals surface area (Å²) in [6.07, 6.45) is 3.56. The van der Waals surface area contributed by atoms with E-state index in [-0.39, 0.29) is 5.95 Å². The van der Waals surface area contributed by atoms with Gasteiger partial charge >= 0.3 is 0 Å². The van der Waals surface area contributed by atoms with Crippen LogP contribution in [-0.2, 0) is 7.05 Å². The highest BCUT2D eigenvalue weighted by molar-refractivity contribution is 5.61. The Labute approximate surface area is 81.6 Å². The molecule has 0 fully saturated rings. The van der Waals surface area contributed by atoms with Crippen molar-refractivity contribution in [3.05, 3.63) is 24.2 Å². The van der Waals surface area contributed by atoms with Crippen LogP contribution < -0.4 is 5.73 Å². The van der Waals surface area contributed by atoms with E-state index in [1.54, 1.807) is 10.9 Å². The maximum Gasteiger partial charge on any atom is 0.220 e. The lowest BCUT2D eigenvalue weighted by molar-refractivity contribution is 0.756. The van der Waals surface area contributed by atoms with Gasteiger partial charge in [-0.3, -0.25) is 4.68 Å². The molecule has 0 spiro atoms. The Morgan fingerprint density at radius 2 is 2.21 bits per heavy atom. The van der Waals surface area contributed by atoms with E-state index in [0.717, 1.165) is 17.0 Å². The topological polar surface area (TPSA) is 69.6 Å². The van der Waals surface area contributed by atoms with Gasteiger partial charge in [-0.1, -0.05) is 0 Å². The smallest absolute Gasteiger partial charge is 0.220 e. The first-order valence-corrected chi connectivity index (χ1v) is 4.26. The Morgan fingerprint density at radius 1 is 1.43 bits per heavy atom. The fourth-order valence-electron chi connectivity index (χ4n) is 1.37. The summed E-state index contributed by atoms with van der Waals surface area (Å²) in [7, 11) is 1.88. The maximum atomic E-state index is 5.50. The lowest BCUT2D eigenvalue weighted by Gasteiger charge is -1.97. The number of rotatable bonds is 1. The van der Waals surface area contributed by atoms with Crippen molar-refractivity contribution in [2.24, 2.45) is 7.05 Å². The monoisotopic (exact) mass is 189 g/mol. The largest absolute Gasteiger partial charge is 0.368 e. The number of hydrogen-bond acceptors (Lipinski definition) is 4. The maximum absolute atomic E-state index is 5.50. The highest BCUT2D eigenvalue weighted by Gasteiger charge is 2.07. The first kappa shape index (κ1) is 8.68. The molecule has 5 heteroatoms. The molecule has 0 bridgehead atoms. The Balaban J connectivity index is 2.54. The quantitative estimate of drug-likeness (QED) is 0.719. The van der Waals surface area contributed by atoms with Crippen molar-refractivity contribution in [1.29, 1.82) is 0 Å². The van der Waals surface area contributed by atoms with Crippen LogP contribution in [-0.4, -0.2) is 19.7 Å². The molecule has 0 aromatic carbocycles. The molecule has 72 valence electrons. The molecular weight excluding hydrogens is 178 g/mol. The lowest BCUT2D eigenvalue weighted by Crippen LogP contribution is -1.95. The van der Waals surface area contributed by atoms with Crippen LogP contribution in [0.4, 0.5) is 5.95 Å². The van der Waals surface area contributed by atoms with E-state index < -0.39 is 0 Å². The van der Waals surface area contributed by atoms with Gasteiger partial charge in [0.2, 0.25) is 5.95 Å². The number of anilines is 1. The van der Waals surface area contributed by atoms with Gasteiger partial charge in [0.15, 0.2) is 0 Å². The van der Waals surface area contributed by atoms with Crippen LogP contribution in [0.1, 0.15) is 5.69 Å². The minimum Gasteiger partial charge on any atom is -0.368 e. The van der Waals surface area contributed by atoms with Crippen LogP contribution in [0.5, 0.6) is 0 Å². The fourth-order valence-corrected chi connectivity index (χ4v) is 1.37. The Bertz CT molecular complexity index is 460. The van der Waals surface area contributed by atoms with Gasteiger partial charge in [-0.15, -0.1) is 0 Å². The predicted octanol–water partition coefficient (Wildman–Crippen LogP) is 0.768. The molecule has 2 N–H and O–H groups in total. The van der Waals surface area contributed by atoms with E-state index in [4.69, 9.17) is 5.73 Å². The molecule has 2 rings (SSSR count). The molecular formula is C9H11N5. The van der Waals surface area contributed by atoms with Crippen LogP contribution in [0, 0.1) is 6.92 Å². The lowest BCUT2D eigenvalue weighted by atomic mass is 10.2. The van der Waals surface area contributed by atoms with Crippen molar-refractivity contribution >= 4 is 5.95 Å². The van der Waals surface area contributed by atoms with E-state index in [9.17, 15) is 0 Å². The average molecular weight is 189 g/mol. The highest BCUT2D eigenvalue weighted by atomic mass is 15.2. The van der Waals surface area contributed by atoms with Crippen molar-refractivity contribution in [2.45, 2.75) is 6.92 Å². The highest BCUT2D eigenvalue weighted by Crippen LogP contribution is 2.19. The number of hydrogen-bond donors (Lipinski definition) is 1. The zero-order valence-corrected chi connectivity index (χ0v) is 8.10. The van der Waals surface area contributed by atoms with Gasteiger partial charge in [0.1, 0.15) is 0 Å². The van der Waals surface area contributed by atoms with Gasteiger partial charge in [-0.05, 0) is 13.0 Å². The molecule has 5 nitrogen and oxygen atoms in total. The average Bonchev–Trinajstić information content (AvgIpc) is 2.45. The van der Waals surface area contributed by atoms with Crippen LogP contribution in [0.15, 0.2) is 18.5 Å². The first-order chi connectivity index (χ1) is 6.66. The molecule has 0 unspecified atom stereocenters. The van der Waals surface area contributed by atoms with E-state index >= 15 is 0 Å². The summed E-state index contributed by atoms with van der Waals surface area (Å²) in [5.74, 6) is 0.283. The third kappa shape index (κ3) is 1.44. The summed E-state index contributed by atoms with van der Waals surface area (Å²) in [6.45, 7) is 1.94. The second-order valence-electron chi connectivity index (χ2n) is 3.10. The van der Waals surface area contributed by atoms with Gasteiger partial charge < -0.3 is 5.73 Å². The van der Waals surface area contributed by atoms with Gasteiger partial charge in [0.25, 0.3) is 0 Å². The molecule has 0 amide bonds. The van der Waals surface area contributed by atoms with Crippen LogP contribution in [0.3, 0.4) is 0 Å². The van der Waals surface area contributed by atoms with Crippen molar-refractivity contribution in [1.82, 2.24) is 19.7 Å². The minimum absolute atomic E-state index is 0.283. The van der Waals surface area contributed by atoms with Crippen molar-refractivity contribution in [3.8, 4) is 11.3 Å². The van der Waals surface area contributed by atoms with E-state index in [0.29, 0.717) is 0 Å².